The minimum absolute atomic E-state index is 0.479. The lowest BCUT2D eigenvalue weighted by Gasteiger charge is -2.35. The van der Waals surface area contributed by atoms with E-state index in [4.69, 9.17) is 9.90 Å². The number of carboxylic acids is 1. The van der Waals surface area contributed by atoms with Crippen LogP contribution < -0.4 is 0 Å². The van der Waals surface area contributed by atoms with Gasteiger partial charge in [0.15, 0.2) is 6.29 Å². The van der Waals surface area contributed by atoms with Gasteiger partial charge in [-0.3, -0.25) is 4.90 Å². The van der Waals surface area contributed by atoms with E-state index in [2.05, 4.69) is 41.2 Å². The van der Waals surface area contributed by atoms with Crippen LogP contribution in [-0.2, 0) is 4.79 Å². The van der Waals surface area contributed by atoms with Gasteiger partial charge in [-0.05, 0) is 12.8 Å². The van der Waals surface area contributed by atoms with Gasteiger partial charge in [-0.25, -0.2) is 4.79 Å². The lowest BCUT2D eigenvalue weighted by molar-refractivity contribution is -0.192. The van der Waals surface area contributed by atoms with Gasteiger partial charge in [-0.2, -0.15) is 13.2 Å². The molecule has 5 nitrogen and oxygen atoms in total. The topological polar surface area (TPSA) is 47.0 Å². The zero-order valence-electron chi connectivity index (χ0n) is 10.9. The van der Waals surface area contributed by atoms with Crippen molar-refractivity contribution in [2.45, 2.75) is 25.3 Å². The van der Waals surface area contributed by atoms with Gasteiger partial charge >= 0.3 is 12.1 Å². The molecule has 0 atom stereocenters. The average Bonchev–Trinajstić information content (AvgIpc) is 2.88. The third-order valence-electron chi connectivity index (χ3n) is 2.98. The van der Waals surface area contributed by atoms with Crippen LogP contribution in [0.1, 0.15) is 12.8 Å². The van der Waals surface area contributed by atoms with Crippen LogP contribution in [0.2, 0.25) is 0 Å². The summed E-state index contributed by atoms with van der Waals surface area (Å²) in [5, 5.41) is 7.12. The first kappa shape index (κ1) is 15.6. The van der Waals surface area contributed by atoms with Gasteiger partial charge in [0.25, 0.3) is 0 Å². The van der Waals surface area contributed by atoms with Crippen LogP contribution in [0.3, 0.4) is 0 Å². The summed E-state index contributed by atoms with van der Waals surface area (Å²) in [6.45, 7) is 2.50. The SMILES string of the molecule is CN1C=CN(C)C1N1CCCC1.O=C(O)C(F)(F)F. The molecule has 0 saturated carbocycles. The molecular weight excluding hydrogens is 263 g/mol. The fourth-order valence-corrected chi connectivity index (χ4v) is 2.14. The molecule has 2 rings (SSSR count). The number of aliphatic carboxylic acids is 1. The van der Waals surface area contributed by atoms with Crippen LogP contribution in [0.4, 0.5) is 13.2 Å². The molecule has 0 amide bonds. The Balaban J connectivity index is 0.000000224. The number of alkyl halides is 3. The van der Waals surface area contributed by atoms with Crippen LogP contribution >= 0.6 is 0 Å². The van der Waals surface area contributed by atoms with Gasteiger partial charge < -0.3 is 14.9 Å². The molecule has 1 saturated heterocycles. The fourth-order valence-electron chi connectivity index (χ4n) is 2.14. The minimum Gasteiger partial charge on any atom is -0.475 e. The first-order chi connectivity index (χ1) is 8.73. The zero-order chi connectivity index (χ0) is 14.6. The summed E-state index contributed by atoms with van der Waals surface area (Å²) in [4.78, 5) is 16.0. The molecule has 0 aliphatic carbocycles. The highest BCUT2D eigenvalue weighted by Crippen LogP contribution is 2.20. The quantitative estimate of drug-likeness (QED) is 0.786. The molecule has 2 aliphatic rings. The highest BCUT2D eigenvalue weighted by atomic mass is 19.4. The van der Waals surface area contributed by atoms with Crippen molar-refractivity contribution in [1.29, 1.82) is 0 Å². The van der Waals surface area contributed by atoms with Crippen LogP contribution in [0.5, 0.6) is 0 Å². The molecule has 1 fully saturated rings. The molecule has 0 aromatic carbocycles. The van der Waals surface area contributed by atoms with E-state index >= 15 is 0 Å². The highest BCUT2D eigenvalue weighted by Gasteiger charge is 2.38. The maximum absolute atomic E-state index is 10.6. The van der Waals surface area contributed by atoms with Gasteiger partial charge in [-0.15, -0.1) is 0 Å². The second-order valence-corrected chi connectivity index (χ2v) is 4.52. The van der Waals surface area contributed by atoms with Gasteiger partial charge in [0.05, 0.1) is 0 Å². The number of hydrogen-bond donors (Lipinski definition) is 1. The van der Waals surface area contributed by atoms with Crippen molar-refractivity contribution in [2.24, 2.45) is 0 Å². The molecule has 2 aliphatic heterocycles. The Kier molecular flexibility index (Phi) is 5.04. The smallest absolute Gasteiger partial charge is 0.475 e. The second kappa shape index (κ2) is 6.14. The van der Waals surface area contributed by atoms with Crippen molar-refractivity contribution in [1.82, 2.24) is 14.7 Å². The Labute approximate surface area is 109 Å². The molecule has 110 valence electrons. The van der Waals surface area contributed by atoms with E-state index in [1.54, 1.807) is 0 Å². The number of carboxylic acid groups (broad SMARTS) is 1. The van der Waals surface area contributed by atoms with Crippen molar-refractivity contribution < 1.29 is 23.1 Å². The number of likely N-dealkylation sites (tertiary alicyclic amines) is 1. The molecule has 0 unspecified atom stereocenters. The monoisotopic (exact) mass is 281 g/mol. The summed E-state index contributed by atoms with van der Waals surface area (Å²) in [6.07, 6.45) is 2.40. The molecular formula is C11H18F3N3O2. The molecule has 8 heteroatoms. The highest BCUT2D eigenvalue weighted by molar-refractivity contribution is 5.73. The van der Waals surface area contributed by atoms with Crippen molar-refractivity contribution in [3.05, 3.63) is 12.4 Å². The van der Waals surface area contributed by atoms with Gasteiger partial charge in [0.2, 0.25) is 0 Å². The first-order valence-corrected chi connectivity index (χ1v) is 5.90. The summed E-state index contributed by atoms with van der Waals surface area (Å²) < 4.78 is 31.7. The van der Waals surface area contributed by atoms with E-state index < -0.39 is 12.1 Å². The lowest BCUT2D eigenvalue weighted by atomic mass is 10.4. The Morgan fingerprint density at radius 1 is 1.16 bits per heavy atom. The first-order valence-electron chi connectivity index (χ1n) is 5.90. The van der Waals surface area contributed by atoms with E-state index in [0.717, 1.165) is 0 Å². The normalized spacial score (nSPS) is 20.7. The lowest BCUT2D eigenvalue weighted by Crippen LogP contribution is -2.48. The molecule has 0 radical (unpaired) electrons. The van der Waals surface area contributed by atoms with E-state index in [-0.39, 0.29) is 0 Å². The number of carbonyl (C=O) groups is 1. The van der Waals surface area contributed by atoms with Crippen molar-refractivity contribution in [3.63, 3.8) is 0 Å². The van der Waals surface area contributed by atoms with Crippen molar-refractivity contribution in [2.75, 3.05) is 27.2 Å². The third kappa shape index (κ3) is 4.30. The van der Waals surface area contributed by atoms with Crippen molar-refractivity contribution >= 4 is 5.97 Å². The molecule has 0 aromatic rings. The Morgan fingerprint density at radius 2 is 1.53 bits per heavy atom. The van der Waals surface area contributed by atoms with E-state index in [1.807, 2.05) is 0 Å². The van der Waals surface area contributed by atoms with Crippen LogP contribution in [0, 0.1) is 0 Å². The molecule has 0 bridgehead atoms. The van der Waals surface area contributed by atoms with Crippen LogP contribution in [0.15, 0.2) is 12.4 Å². The van der Waals surface area contributed by atoms with Gasteiger partial charge in [0, 0.05) is 39.6 Å². The van der Waals surface area contributed by atoms with Gasteiger partial charge in [-0.1, -0.05) is 0 Å². The molecule has 1 N–H and O–H groups in total. The Bertz CT molecular complexity index is 329. The predicted octanol–water partition coefficient (Wildman–Crippen LogP) is 1.35. The Hall–Kier alpha value is -1.44. The third-order valence-corrected chi connectivity index (χ3v) is 2.98. The number of nitrogens with zero attached hydrogens (tertiary/aromatic N) is 3. The molecule has 0 aromatic heterocycles. The maximum Gasteiger partial charge on any atom is 0.490 e. The molecule has 2 heterocycles. The van der Waals surface area contributed by atoms with E-state index in [0.29, 0.717) is 6.29 Å². The summed E-state index contributed by atoms with van der Waals surface area (Å²) in [5.74, 6) is -2.76. The van der Waals surface area contributed by atoms with E-state index in [9.17, 15) is 13.2 Å². The fraction of sp³-hybridized carbons (Fsp3) is 0.727. The van der Waals surface area contributed by atoms with Crippen LogP contribution in [-0.4, -0.2) is 65.4 Å². The minimum atomic E-state index is -5.08. The molecule has 0 spiro atoms. The predicted molar refractivity (Wildman–Crippen MR) is 63.0 cm³/mol. The molecule has 19 heavy (non-hydrogen) atoms. The maximum atomic E-state index is 10.6. The van der Waals surface area contributed by atoms with Gasteiger partial charge in [0.1, 0.15) is 0 Å². The zero-order valence-corrected chi connectivity index (χ0v) is 10.9. The standard InChI is InChI=1S/C9H17N3.C2HF3O2/c1-10-7-8-11(2)9(10)12-5-3-4-6-12;3-2(4,5)1(6)7/h7-9H,3-6H2,1-2H3;(H,6,7). The number of halogens is 3. The van der Waals surface area contributed by atoms with Crippen LogP contribution in [0.25, 0.3) is 0 Å². The largest absolute Gasteiger partial charge is 0.490 e. The average molecular weight is 281 g/mol. The Morgan fingerprint density at radius 3 is 1.84 bits per heavy atom. The summed E-state index contributed by atoms with van der Waals surface area (Å²) in [5.41, 5.74) is 0. The van der Waals surface area contributed by atoms with Crippen molar-refractivity contribution in [3.8, 4) is 0 Å². The number of hydrogen-bond acceptors (Lipinski definition) is 4. The summed E-state index contributed by atoms with van der Waals surface area (Å²) in [7, 11) is 4.28. The second-order valence-electron chi connectivity index (χ2n) is 4.52. The number of rotatable bonds is 1. The summed E-state index contributed by atoms with van der Waals surface area (Å²) >= 11 is 0. The van der Waals surface area contributed by atoms with E-state index in [1.165, 1.54) is 25.9 Å². The summed E-state index contributed by atoms with van der Waals surface area (Å²) in [6, 6.07) is 0.